The SMILES string of the molecule is Cc1cc(C(=O)Nc2ccc(Br)cc2C)nc(N2CCOCC2)n1. The summed E-state index contributed by atoms with van der Waals surface area (Å²) in [5, 5.41) is 2.92. The van der Waals surface area contributed by atoms with Crippen LogP contribution in [0, 0.1) is 13.8 Å². The second-order valence-corrected chi connectivity index (χ2v) is 6.62. The molecule has 2 heterocycles. The minimum Gasteiger partial charge on any atom is -0.378 e. The average molecular weight is 391 g/mol. The second kappa shape index (κ2) is 7.27. The lowest BCUT2D eigenvalue weighted by Gasteiger charge is -2.27. The molecule has 0 radical (unpaired) electrons. The van der Waals surface area contributed by atoms with Crippen molar-refractivity contribution in [1.29, 1.82) is 0 Å². The number of benzene rings is 1. The Morgan fingerprint density at radius 3 is 2.67 bits per heavy atom. The topological polar surface area (TPSA) is 67.4 Å². The summed E-state index contributed by atoms with van der Waals surface area (Å²) in [7, 11) is 0. The van der Waals surface area contributed by atoms with Gasteiger partial charge in [-0.15, -0.1) is 0 Å². The number of amides is 1. The van der Waals surface area contributed by atoms with Gasteiger partial charge in [-0.1, -0.05) is 15.9 Å². The Morgan fingerprint density at radius 2 is 1.96 bits per heavy atom. The maximum absolute atomic E-state index is 12.6. The number of ether oxygens (including phenoxy) is 1. The fourth-order valence-electron chi connectivity index (χ4n) is 2.53. The van der Waals surface area contributed by atoms with Crippen LogP contribution in [0.25, 0.3) is 0 Å². The van der Waals surface area contributed by atoms with E-state index in [0.29, 0.717) is 24.9 Å². The first-order valence-electron chi connectivity index (χ1n) is 7.79. The van der Waals surface area contributed by atoms with Crippen LogP contribution < -0.4 is 10.2 Å². The van der Waals surface area contributed by atoms with Gasteiger partial charge in [0.05, 0.1) is 13.2 Å². The molecule has 0 spiro atoms. The van der Waals surface area contributed by atoms with Gasteiger partial charge in [0.15, 0.2) is 0 Å². The lowest BCUT2D eigenvalue weighted by molar-refractivity contribution is 0.102. The molecule has 0 atom stereocenters. The number of nitrogens with one attached hydrogen (secondary N) is 1. The van der Waals surface area contributed by atoms with Crippen molar-refractivity contribution >= 4 is 33.5 Å². The molecule has 0 bridgehead atoms. The Labute approximate surface area is 149 Å². The van der Waals surface area contributed by atoms with Crippen LogP contribution in [0.15, 0.2) is 28.7 Å². The number of carbonyl (C=O) groups excluding carboxylic acids is 1. The molecule has 7 heteroatoms. The Bertz CT molecular complexity index is 760. The van der Waals surface area contributed by atoms with Gasteiger partial charge in [-0.25, -0.2) is 9.97 Å². The first kappa shape index (κ1) is 16.9. The third-order valence-electron chi connectivity index (χ3n) is 3.81. The number of aryl methyl sites for hydroxylation is 2. The summed E-state index contributed by atoms with van der Waals surface area (Å²) in [5.74, 6) is 0.344. The van der Waals surface area contributed by atoms with E-state index in [9.17, 15) is 4.79 Å². The number of hydrogen-bond acceptors (Lipinski definition) is 5. The van der Waals surface area contributed by atoms with Gasteiger partial charge >= 0.3 is 0 Å². The predicted octanol–water partition coefficient (Wildman–Crippen LogP) is 2.94. The molecule has 0 unspecified atom stereocenters. The zero-order chi connectivity index (χ0) is 17.1. The molecule has 1 aliphatic rings. The lowest BCUT2D eigenvalue weighted by Crippen LogP contribution is -2.37. The van der Waals surface area contributed by atoms with E-state index in [1.165, 1.54) is 0 Å². The number of nitrogens with zero attached hydrogens (tertiary/aromatic N) is 3. The number of morpholine rings is 1. The van der Waals surface area contributed by atoms with Gasteiger partial charge in [0.2, 0.25) is 5.95 Å². The van der Waals surface area contributed by atoms with Gasteiger partial charge in [-0.3, -0.25) is 4.79 Å². The molecule has 3 rings (SSSR count). The first-order valence-corrected chi connectivity index (χ1v) is 8.58. The highest BCUT2D eigenvalue weighted by Crippen LogP contribution is 2.21. The van der Waals surface area contributed by atoms with E-state index >= 15 is 0 Å². The van der Waals surface area contributed by atoms with E-state index in [1.807, 2.05) is 36.9 Å². The quantitative estimate of drug-likeness (QED) is 0.872. The molecule has 1 amide bonds. The van der Waals surface area contributed by atoms with Crippen molar-refractivity contribution in [3.63, 3.8) is 0 Å². The van der Waals surface area contributed by atoms with E-state index < -0.39 is 0 Å². The van der Waals surface area contributed by atoms with Gasteiger partial charge < -0.3 is 15.0 Å². The van der Waals surface area contributed by atoms with E-state index in [1.54, 1.807) is 6.07 Å². The van der Waals surface area contributed by atoms with Crippen molar-refractivity contribution in [2.45, 2.75) is 13.8 Å². The third-order valence-corrected chi connectivity index (χ3v) is 4.30. The minimum atomic E-state index is -0.236. The lowest BCUT2D eigenvalue weighted by atomic mass is 10.2. The van der Waals surface area contributed by atoms with Crippen molar-refractivity contribution < 1.29 is 9.53 Å². The second-order valence-electron chi connectivity index (χ2n) is 5.71. The molecule has 1 aliphatic heterocycles. The zero-order valence-corrected chi connectivity index (χ0v) is 15.3. The fraction of sp³-hybridized carbons (Fsp3) is 0.353. The number of rotatable bonds is 3. The molecule has 1 aromatic carbocycles. The summed E-state index contributed by atoms with van der Waals surface area (Å²) in [6.45, 7) is 6.58. The largest absolute Gasteiger partial charge is 0.378 e. The number of halogens is 1. The summed E-state index contributed by atoms with van der Waals surface area (Å²) in [6, 6.07) is 7.43. The van der Waals surface area contributed by atoms with Crippen molar-refractivity contribution in [3.8, 4) is 0 Å². The highest BCUT2D eigenvalue weighted by Gasteiger charge is 2.17. The Morgan fingerprint density at radius 1 is 1.21 bits per heavy atom. The van der Waals surface area contributed by atoms with Crippen LogP contribution in [0.1, 0.15) is 21.7 Å². The first-order chi connectivity index (χ1) is 11.5. The standard InChI is InChI=1S/C17H19BrN4O2/c1-11-9-13(18)3-4-14(11)20-16(23)15-10-12(2)19-17(21-15)22-5-7-24-8-6-22/h3-4,9-10H,5-8H2,1-2H3,(H,20,23). The van der Waals surface area contributed by atoms with Crippen LogP contribution in [0.2, 0.25) is 0 Å². The van der Waals surface area contributed by atoms with Crippen molar-refractivity contribution in [2.75, 3.05) is 36.5 Å². The zero-order valence-electron chi connectivity index (χ0n) is 13.7. The average Bonchev–Trinajstić information content (AvgIpc) is 2.57. The van der Waals surface area contributed by atoms with Crippen LogP contribution in [-0.2, 0) is 4.74 Å². The minimum absolute atomic E-state index is 0.236. The molecular formula is C17H19BrN4O2. The Balaban J connectivity index is 1.82. The summed E-state index contributed by atoms with van der Waals surface area (Å²) in [5.41, 5.74) is 2.89. The van der Waals surface area contributed by atoms with Crippen LogP contribution in [0.5, 0.6) is 0 Å². The van der Waals surface area contributed by atoms with E-state index in [2.05, 4.69) is 31.2 Å². The third kappa shape index (κ3) is 3.91. The number of anilines is 2. The molecule has 6 nitrogen and oxygen atoms in total. The summed E-state index contributed by atoms with van der Waals surface area (Å²) < 4.78 is 6.33. The molecule has 1 N–H and O–H groups in total. The van der Waals surface area contributed by atoms with Gasteiger partial charge in [0.1, 0.15) is 5.69 Å². The summed E-state index contributed by atoms with van der Waals surface area (Å²) >= 11 is 3.42. The van der Waals surface area contributed by atoms with E-state index in [-0.39, 0.29) is 5.91 Å². The van der Waals surface area contributed by atoms with Crippen molar-refractivity contribution in [2.24, 2.45) is 0 Å². The van der Waals surface area contributed by atoms with Crippen LogP contribution in [0.4, 0.5) is 11.6 Å². The Hall–Kier alpha value is -1.99. The van der Waals surface area contributed by atoms with Crippen LogP contribution >= 0.6 is 15.9 Å². The van der Waals surface area contributed by atoms with E-state index in [4.69, 9.17) is 4.74 Å². The molecule has 0 saturated carbocycles. The van der Waals surface area contributed by atoms with Crippen molar-refractivity contribution in [3.05, 3.63) is 45.7 Å². The summed E-state index contributed by atoms with van der Waals surface area (Å²) in [4.78, 5) is 23.5. The molecule has 126 valence electrons. The van der Waals surface area contributed by atoms with Crippen molar-refractivity contribution in [1.82, 2.24) is 9.97 Å². The number of hydrogen-bond donors (Lipinski definition) is 1. The smallest absolute Gasteiger partial charge is 0.274 e. The predicted molar refractivity (Wildman–Crippen MR) is 96.6 cm³/mol. The van der Waals surface area contributed by atoms with Gasteiger partial charge in [-0.05, 0) is 43.7 Å². The monoisotopic (exact) mass is 390 g/mol. The molecular weight excluding hydrogens is 372 g/mol. The molecule has 1 saturated heterocycles. The van der Waals surface area contributed by atoms with Gasteiger partial charge in [0.25, 0.3) is 5.91 Å². The maximum Gasteiger partial charge on any atom is 0.274 e. The van der Waals surface area contributed by atoms with Gasteiger partial charge in [-0.2, -0.15) is 0 Å². The molecule has 24 heavy (non-hydrogen) atoms. The summed E-state index contributed by atoms with van der Waals surface area (Å²) in [6.07, 6.45) is 0. The number of aromatic nitrogens is 2. The highest BCUT2D eigenvalue weighted by atomic mass is 79.9. The molecule has 2 aromatic rings. The molecule has 1 fully saturated rings. The normalized spacial score (nSPS) is 14.5. The highest BCUT2D eigenvalue weighted by molar-refractivity contribution is 9.10. The maximum atomic E-state index is 12.6. The fourth-order valence-corrected chi connectivity index (χ4v) is 3.00. The molecule has 0 aliphatic carbocycles. The Kier molecular flexibility index (Phi) is 5.11. The number of carbonyl (C=O) groups is 1. The van der Waals surface area contributed by atoms with Crippen LogP contribution in [-0.4, -0.2) is 42.2 Å². The molecule has 1 aromatic heterocycles. The van der Waals surface area contributed by atoms with Gasteiger partial charge in [0, 0.05) is 28.9 Å². The van der Waals surface area contributed by atoms with Crippen LogP contribution in [0.3, 0.4) is 0 Å². The van der Waals surface area contributed by atoms with E-state index in [0.717, 1.165) is 34.5 Å².